The molecule has 0 amide bonds. The standard InChI is InChI=1S/C6H12N2S/c1-4-3-9-6(8-4)5(2)7/h4,6-8H,3H2,1-2H3. The molecule has 0 aromatic rings. The number of rotatable bonds is 1. The molecule has 1 heterocycles. The molecule has 2 atom stereocenters. The molecule has 0 aromatic carbocycles. The molecule has 2 unspecified atom stereocenters. The molecule has 3 heteroatoms. The van der Waals surface area contributed by atoms with Crippen LogP contribution in [0.2, 0.25) is 0 Å². The van der Waals surface area contributed by atoms with E-state index in [9.17, 15) is 0 Å². The zero-order valence-corrected chi connectivity index (χ0v) is 6.59. The van der Waals surface area contributed by atoms with Crippen LogP contribution in [0.3, 0.4) is 0 Å². The Morgan fingerprint density at radius 2 is 2.44 bits per heavy atom. The summed E-state index contributed by atoms with van der Waals surface area (Å²) in [6.45, 7) is 4.00. The molecule has 0 aliphatic carbocycles. The lowest BCUT2D eigenvalue weighted by molar-refractivity contribution is 0.659. The quantitative estimate of drug-likeness (QED) is 0.540. The van der Waals surface area contributed by atoms with E-state index < -0.39 is 0 Å². The normalized spacial score (nSPS) is 34.9. The predicted octanol–water partition coefficient (Wildman–Crippen LogP) is 1.08. The molecule has 52 valence electrons. The van der Waals surface area contributed by atoms with Crippen molar-refractivity contribution in [3.63, 3.8) is 0 Å². The van der Waals surface area contributed by atoms with Gasteiger partial charge in [0.1, 0.15) is 0 Å². The maximum absolute atomic E-state index is 7.30. The smallest absolute Gasteiger partial charge is 0.0915 e. The Balaban J connectivity index is 2.39. The molecule has 9 heavy (non-hydrogen) atoms. The summed E-state index contributed by atoms with van der Waals surface area (Å²) in [6.07, 6.45) is 0. The van der Waals surface area contributed by atoms with Crippen LogP contribution in [0.4, 0.5) is 0 Å². The fourth-order valence-corrected chi connectivity index (χ4v) is 2.00. The number of hydrogen-bond acceptors (Lipinski definition) is 3. The summed E-state index contributed by atoms with van der Waals surface area (Å²) in [7, 11) is 0. The monoisotopic (exact) mass is 144 g/mol. The molecule has 1 aliphatic heterocycles. The van der Waals surface area contributed by atoms with Gasteiger partial charge in [-0.15, -0.1) is 11.8 Å². The summed E-state index contributed by atoms with van der Waals surface area (Å²) < 4.78 is 0. The first-order valence-corrected chi connectivity index (χ1v) is 4.17. The summed E-state index contributed by atoms with van der Waals surface area (Å²) in [5, 5.41) is 10.9. The summed E-state index contributed by atoms with van der Waals surface area (Å²) in [5.41, 5.74) is 0.740. The highest BCUT2D eigenvalue weighted by molar-refractivity contribution is 8.00. The first-order valence-electron chi connectivity index (χ1n) is 3.13. The lowest BCUT2D eigenvalue weighted by Gasteiger charge is -2.06. The average molecular weight is 144 g/mol. The highest BCUT2D eigenvalue weighted by Gasteiger charge is 2.21. The molecule has 1 fully saturated rings. The second kappa shape index (κ2) is 2.71. The van der Waals surface area contributed by atoms with Gasteiger partial charge in [0.05, 0.1) is 5.37 Å². The molecule has 1 saturated heterocycles. The van der Waals surface area contributed by atoms with Crippen LogP contribution in [0.5, 0.6) is 0 Å². The lowest BCUT2D eigenvalue weighted by atomic mass is 10.3. The first-order chi connectivity index (χ1) is 4.20. The number of nitrogens with one attached hydrogen (secondary N) is 2. The third kappa shape index (κ3) is 1.69. The van der Waals surface area contributed by atoms with E-state index in [1.165, 1.54) is 0 Å². The Morgan fingerprint density at radius 1 is 1.78 bits per heavy atom. The molecule has 2 nitrogen and oxygen atoms in total. The summed E-state index contributed by atoms with van der Waals surface area (Å²) in [5.74, 6) is 1.14. The SMILES string of the molecule is CC(=N)C1NC(C)CS1. The minimum atomic E-state index is 0.292. The second-order valence-electron chi connectivity index (χ2n) is 2.46. The molecule has 0 radical (unpaired) electrons. The van der Waals surface area contributed by atoms with Crippen LogP contribution >= 0.6 is 11.8 Å². The topological polar surface area (TPSA) is 35.9 Å². The van der Waals surface area contributed by atoms with Crippen LogP contribution in [0.15, 0.2) is 0 Å². The Labute approximate surface area is 59.9 Å². The van der Waals surface area contributed by atoms with Gasteiger partial charge >= 0.3 is 0 Å². The molecule has 1 rings (SSSR count). The summed E-state index contributed by atoms with van der Waals surface area (Å²) in [4.78, 5) is 0. The van der Waals surface area contributed by atoms with E-state index in [-0.39, 0.29) is 0 Å². The molecule has 0 aromatic heterocycles. The second-order valence-corrected chi connectivity index (χ2v) is 3.60. The molecule has 2 N–H and O–H groups in total. The van der Waals surface area contributed by atoms with E-state index in [2.05, 4.69) is 12.2 Å². The van der Waals surface area contributed by atoms with E-state index in [1.54, 1.807) is 0 Å². The Hall–Kier alpha value is -0.0200. The summed E-state index contributed by atoms with van der Waals surface area (Å²) >= 11 is 1.82. The zero-order valence-electron chi connectivity index (χ0n) is 5.77. The zero-order chi connectivity index (χ0) is 6.85. The van der Waals surface area contributed by atoms with Gasteiger partial charge in [-0.05, 0) is 13.8 Å². The van der Waals surface area contributed by atoms with E-state index in [0.29, 0.717) is 11.4 Å². The van der Waals surface area contributed by atoms with Gasteiger partial charge in [0, 0.05) is 17.5 Å². The van der Waals surface area contributed by atoms with Crippen molar-refractivity contribution in [2.24, 2.45) is 0 Å². The minimum Gasteiger partial charge on any atom is -0.307 e. The molecular formula is C6H12N2S. The summed E-state index contributed by atoms with van der Waals surface area (Å²) in [6, 6.07) is 0.584. The van der Waals surface area contributed by atoms with Gasteiger partial charge in [-0.25, -0.2) is 0 Å². The molecule has 0 saturated carbocycles. The highest BCUT2D eigenvalue weighted by atomic mass is 32.2. The Bertz CT molecular complexity index is 124. The van der Waals surface area contributed by atoms with Crippen molar-refractivity contribution in [3.05, 3.63) is 0 Å². The molecule has 0 spiro atoms. The van der Waals surface area contributed by atoms with E-state index in [0.717, 1.165) is 11.5 Å². The van der Waals surface area contributed by atoms with E-state index in [1.807, 2.05) is 18.7 Å². The number of hydrogen-bond donors (Lipinski definition) is 2. The maximum Gasteiger partial charge on any atom is 0.0915 e. The van der Waals surface area contributed by atoms with E-state index >= 15 is 0 Å². The van der Waals surface area contributed by atoms with Crippen molar-refractivity contribution < 1.29 is 0 Å². The van der Waals surface area contributed by atoms with E-state index in [4.69, 9.17) is 5.41 Å². The third-order valence-corrected chi connectivity index (χ3v) is 2.86. The van der Waals surface area contributed by atoms with Crippen molar-refractivity contribution in [2.45, 2.75) is 25.3 Å². The van der Waals surface area contributed by atoms with Gasteiger partial charge < -0.3 is 5.41 Å². The van der Waals surface area contributed by atoms with Gasteiger partial charge in [-0.3, -0.25) is 5.32 Å². The van der Waals surface area contributed by atoms with Crippen molar-refractivity contribution in [2.75, 3.05) is 5.75 Å². The van der Waals surface area contributed by atoms with Gasteiger partial charge in [-0.2, -0.15) is 0 Å². The Kier molecular flexibility index (Phi) is 2.13. The molecule has 1 aliphatic rings. The van der Waals surface area contributed by atoms with Crippen LogP contribution in [-0.4, -0.2) is 22.9 Å². The molecular weight excluding hydrogens is 132 g/mol. The third-order valence-electron chi connectivity index (χ3n) is 1.34. The predicted molar refractivity (Wildman–Crippen MR) is 42.2 cm³/mol. The van der Waals surface area contributed by atoms with Gasteiger partial charge in [0.15, 0.2) is 0 Å². The van der Waals surface area contributed by atoms with Crippen LogP contribution in [0, 0.1) is 5.41 Å². The number of thioether (sulfide) groups is 1. The minimum absolute atomic E-state index is 0.292. The van der Waals surface area contributed by atoms with Crippen LogP contribution in [0.25, 0.3) is 0 Å². The first kappa shape index (κ1) is 7.09. The van der Waals surface area contributed by atoms with Crippen molar-refractivity contribution in [1.29, 1.82) is 5.41 Å². The van der Waals surface area contributed by atoms with Crippen LogP contribution in [0.1, 0.15) is 13.8 Å². The van der Waals surface area contributed by atoms with Crippen LogP contribution < -0.4 is 5.32 Å². The largest absolute Gasteiger partial charge is 0.307 e. The van der Waals surface area contributed by atoms with Crippen molar-refractivity contribution >= 4 is 17.5 Å². The highest BCUT2D eigenvalue weighted by Crippen LogP contribution is 2.18. The van der Waals surface area contributed by atoms with Crippen LogP contribution in [-0.2, 0) is 0 Å². The van der Waals surface area contributed by atoms with Gasteiger partial charge in [0.2, 0.25) is 0 Å². The Morgan fingerprint density at radius 3 is 2.67 bits per heavy atom. The fraction of sp³-hybridized carbons (Fsp3) is 0.833. The fourth-order valence-electron chi connectivity index (χ4n) is 0.845. The van der Waals surface area contributed by atoms with Gasteiger partial charge in [-0.1, -0.05) is 0 Å². The van der Waals surface area contributed by atoms with Gasteiger partial charge in [0.25, 0.3) is 0 Å². The molecule has 0 bridgehead atoms. The van der Waals surface area contributed by atoms with Crippen molar-refractivity contribution in [3.8, 4) is 0 Å². The lowest BCUT2D eigenvalue weighted by Crippen LogP contribution is -2.31. The maximum atomic E-state index is 7.30. The van der Waals surface area contributed by atoms with Crippen molar-refractivity contribution in [1.82, 2.24) is 5.32 Å². The average Bonchev–Trinajstić information content (AvgIpc) is 2.14.